The van der Waals surface area contributed by atoms with Crippen molar-refractivity contribution in [1.29, 1.82) is 0 Å². The highest BCUT2D eigenvalue weighted by Crippen LogP contribution is 2.29. The maximum Gasteiger partial charge on any atom is 0.230 e. The molecule has 1 amide bonds. The summed E-state index contributed by atoms with van der Waals surface area (Å²) in [5.41, 5.74) is 0. The van der Waals surface area contributed by atoms with Crippen LogP contribution in [0, 0.1) is 5.92 Å². The zero-order valence-electron chi connectivity index (χ0n) is 11.7. The molecule has 1 aromatic heterocycles. The van der Waals surface area contributed by atoms with Crippen molar-refractivity contribution in [3.05, 3.63) is 20.8 Å². The second-order valence-corrected chi connectivity index (χ2v) is 7.99. The van der Waals surface area contributed by atoms with Gasteiger partial charge in [0.1, 0.15) is 0 Å². The molecular weight excluding hydrogens is 324 g/mol. The first kappa shape index (κ1) is 15.0. The van der Waals surface area contributed by atoms with Gasteiger partial charge in [0.25, 0.3) is 0 Å². The van der Waals surface area contributed by atoms with Gasteiger partial charge in [0.05, 0.1) is 9.70 Å². The first-order valence-corrected chi connectivity index (χ1v) is 8.27. The lowest BCUT2D eigenvalue weighted by atomic mass is 10.1. The summed E-state index contributed by atoms with van der Waals surface area (Å²) in [5, 5.41) is 0. The van der Waals surface area contributed by atoms with Crippen molar-refractivity contribution >= 4 is 33.2 Å². The molecule has 2 rings (SSSR count). The summed E-state index contributed by atoms with van der Waals surface area (Å²) in [4.78, 5) is 17.8. The van der Waals surface area contributed by atoms with Gasteiger partial charge in [-0.1, -0.05) is 0 Å². The van der Waals surface area contributed by atoms with Crippen LogP contribution in [0.4, 0.5) is 0 Å². The van der Waals surface area contributed by atoms with Crippen molar-refractivity contribution in [1.82, 2.24) is 9.80 Å². The minimum Gasteiger partial charge on any atom is -0.345 e. The van der Waals surface area contributed by atoms with E-state index in [4.69, 9.17) is 0 Å². The van der Waals surface area contributed by atoms with Crippen LogP contribution in [-0.4, -0.2) is 49.4 Å². The normalized spacial score (nSPS) is 21.6. The summed E-state index contributed by atoms with van der Waals surface area (Å²) < 4.78 is 1.09. The fourth-order valence-electron chi connectivity index (χ4n) is 2.67. The summed E-state index contributed by atoms with van der Waals surface area (Å²) in [5.74, 6) is 0.811. The zero-order valence-corrected chi connectivity index (χ0v) is 14.1. The monoisotopic (exact) mass is 344 g/mol. The van der Waals surface area contributed by atoms with Crippen LogP contribution >= 0.6 is 27.3 Å². The number of carbonyl (C=O) groups excluding carboxylic acids is 1. The number of halogens is 1. The Balaban J connectivity index is 1.91. The van der Waals surface area contributed by atoms with Crippen LogP contribution in [0.2, 0.25) is 0 Å². The quantitative estimate of drug-likeness (QED) is 0.838. The first-order chi connectivity index (χ1) is 8.97. The van der Waals surface area contributed by atoms with Crippen LogP contribution in [0.1, 0.15) is 24.1 Å². The molecule has 0 saturated carbocycles. The molecule has 0 aliphatic carbocycles. The first-order valence-electron chi connectivity index (χ1n) is 6.66. The lowest BCUT2D eigenvalue weighted by Gasteiger charge is -2.24. The van der Waals surface area contributed by atoms with Crippen molar-refractivity contribution < 1.29 is 4.79 Å². The molecule has 2 atom stereocenters. The van der Waals surface area contributed by atoms with Crippen LogP contribution in [0.15, 0.2) is 15.9 Å². The van der Waals surface area contributed by atoms with Crippen molar-refractivity contribution in [3.63, 3.8) is 0 Å². The number of likely N-dealkylation sites (N-methyl/N-ethyl adjacent to an activating group) is 1. The van der Waals surface area contributed by atoms with Gasteiger partial charge < -0.3 is 9.80 Å². The number of hydrogen-bond acceptors (Lipinski definition) is 3. The lowest BCUT2D eigenvalue weighted by molar-refractivity contribution is -0.131. The Labute approximate surface area is 127 Å². The molecule has 0 bridgehead atoms. The number of carbonyl (C=O) groups is 1. The SMILES string of the molecule is C[C@H](C(=O)N(C)C[C@H]1CCN(C)C1)c1ccc(Br)s1. The Morgan fingerprint density at radius 2 is 2.37 bits per heavy atom. The van der Waals surface area contributed by atoms with Gasteiger partial charge in [-0.05, 0) is 60.9 Å². The third kappa shape index (κ3) is 3.80. The predicted molar refractivity (Wildman–Crippen MR) is 83.7 cm³/mol. The molecule has 1 aliphatic heterocycles. The van der Waals surface area contributed by atoms with Gasteiger partial charge in [0, 0.05) is 25.0 Å². The Morgan fingerprint density at radius 3 is 2.89 bits per heavy atom. The summed E-state index contributed by atoms with van der Waals surface area (Å²) >= 11 is 5.10. The molecule has 1 fully saturated rings. The van der Waals surface area contributed by atoms with E-state index in [-0.39, 0.29) is 11.8 Å². The molecule has 0 radical (unpaired) electrons. The topological polar surface area (TPSA) is 23.6 Å². The number of thiophene rings is 1. The summed E-state index contributed by atoms with van der Waals surface area (Å²) in [6.45, 7) is 5.13. The Bertz CT molecular complexity index is 448. The Kier molecular flexibility index (Phi) is 5.03. The number of amides is 1. The van der Waals surface area contributed by atoms with Crippen LogP contribution in [0.25, 0.3) is 0 Å². The van der Waals surface area contributed by atoms with Crippen molar-refractivity contribution in [2.75, 3.05) is 33.7 Å². The highest BCUT2D eigenvalue weighted by atomic mass is 79.9. The van der Waals surface area contributed by atoms with E-state index >= 15 is 0 Å². The minimum atomic E-state index is -0.0413. The lowest BCUT2D eigenvalue weighted by Crippen LogP contribution is -2.35. The van der Waals surface area contributed by atoms with E-state index in [2.05, 4.69) is 27.9 Å². The number of hydrogen-bond donors (Lipinski definition) is 0. The summed E-state index contributed by atoms with van der Waals surface area (Å²) in [6, 6.07) is 4.05. The van der Waals surface area contributed by atoms with E-state index in [9.17, 15) is 4.79 Å². The van der Waals surface area contributed by atoms with Gasteiger partial charge in [-0.15, -0.1) is 11.3 Å². The molecular formula is C14H21BrN2OS. The smallest absolute Gasteiger partial charge is 0.230 e. The van der Waals surface area contributed by atoms with Gasteiger partial charge in [-0.25, -0.2) is 0 Å². The second kappa shape index (κ2) is 6.37. The van der Waals surface area contributed by atoms with Gasteiger partial charge in [0.15, 0.2) is 0 Å². The Hall–Kier alpha value is -0.390. The van der Waals surface area contributed by atoms with Crippen LogP contribution in [-0.2, 0) is 4.79 Å². The third-order valence-electron chi connectivity index (χ3n) is 3.79. The average molecular weight is 345 g/mol. The molecule has 106 valence electrons. The van der Waals surface area contributed by atoms with Gasteiger partial charge in [-0.2, -0.15) is 0 Å². The van der Waals surface area contributed by atoms with E-state index in [1.165, 1.54) is 6.42 Å². The van der Waals surface area contributed by atoms with Crippen molar-refractivity contribution in [2.24, 2.45) is 5.92 Å². The highest BCUT2D eigenvalue weighted by Gasteiger charge is 2.25. The molecule has 1 saturated heterocycles. The van der Waals surface area contributed by atoms with Crippen molar-refractivity contribution in [2.45, 2.75) is 19.3 Å². The molecule has 0 unspecified atom stereocenters. The highest BCUT2D eigenvalue weighted by molar-refractivity contribution is 9.11. The maximum atomic E-state index is 12.4. The van der Waals surface area contributed by atoms with Crippen LogP contribution in [0.3, 0.4) is 0 Å². The van der Waals surface area contributed by atoms with E-state index in [1.807, 2.05) is 31.0 Å². The molecule has 2 heterocycles. The standard InChI is InChI=1S/C14H21BrN2OS/c1-10(12-4-5-13(15)19-12)14(18)17(3)9-11-6-7-16(2)8-11/h4-5,10-11H,6-9H2,1-3H3/t10-,11-/m0/s1. The van der Waals surface area contributed by atoms with Gasteiger partial charge in [0.2, 0.25) is 5.91 Å². The number of nitrogens with zero attached hydrogens (tertiary/aromatic N) is 2. The number of likely N-dealkylation sites (tertiary alicyclic amines) is 1. The molecule has 0 N–H and O–H groups in total. The molecule has 1 aliphatic rings. The zero-order chi connectivity index (χ0) is 14.0. The molecule has 19 heavy (non-hydrogen) atoms. The van der Waals surface area contributed by atoms with E-state index < -0.39 is 0 Å². The largest absolute Gasteiger partial charge is 0.345 e. The molecule has 1 aromatic rings. The summed E-state index contributed by atoms with van der Waals surface area (Å²) in [6.07, 6.45) is 1.20. The van der Waals surface area contributed by atoms with Gasteiger partial charge in [-0.3, -0.25) is 4.79 Å². The van der Waals surface area contributed by atoms with E-state index in [0.717, 1.165) is 28.3 Å². The molecule has 0 aromatic carbocycles. The fraction of sp³-hybridized carbons (Fsp3) is 0.643. The maximum absolute atomic E-state index is 12.4. The molecule has 0 spiro atoms. The van der Waals surface area contributed by atoms with Crippen molar-refractivity contribution in [3.8, 4) is 0 Å². The predicted octanol–water partition coefficient (Wildman–Crippen LogP) is 3.02. The summed E-state index contributed by atoms with van der Waals surface area (Å²) in [7, 11) is 4.08. The third-order valence-corrected chi connectivity index (χ3v) is 5.59. The fourth-order valence-corrected chi connectivity index (χ4v) is 4.13. The van der Waals surface area contributed by atoms with Crippen LogP contribution in [0.5, 0.6) is 0 Å². The molecule has 3 nitrogen and oxygen atoms in total. The van der Waals surface area contributed by atoms with Gasteiger partial charge >= 0.3 is 0 Å². The second-order valence-electron chi connectivity index (χ2n) is 5.50. The van der Waals surface area contributed by atoms with E-state index in [1.54, 1.807) is 11.3 Å². The van der Waals surface area contributed by atoms with E-state index in [0.29, 0.717) is 5.92 Å². The molecule has 5 heteroatoms. The number of rotatable bonds is 4. The Morgan fingerprint density at radius 1 is 1.63 bits per heavy atom. The van der Waals surface area contributed by atoms with Crippen LogP contribution < -0.4 is 0 Å². The minimum absolute atomic E-state index is 0.0413. The average Bonchev–Trinajstić information content (AvgIpc) is 2.96.